The number of urea groups is 1. The van der Waals surface area contributed by atoms with Gasteiger partial charge in [0.05, 0.1) is 5.60 Å². The van der Waals surface area contributed by atoms with Gasteiger partial charge in [0.1, 0.15) is 5.75 Å². The molecule has 3 atom stereocenters. The van der Waals surface area contributed by atoms with Crippen LogP contribution >= 0.6 is 0 Å². The summed E-state index contributed by atoms with van der Waals surface area (Å²) in [5.41, 5.74) is -1.03. The first-order valence-electron chi connectivity index (χ1n) is 13.0. The van der Waals surface area contributed by atoms with E-state index >= 15 is 0 Å². The molecule has 1 heterocycles. The number of aliphatic hydroxyl groups is 1. The van der Waals surface area contributed by atoms with Gasteiger partial charge in [-0.2, -0.15) is 0 Å². The van der Waals surface area contributed by atoms with Gasteiger partial charge in [0.25, 0.3) is 0 Å². The normalized spacial score (nSPS) is 19.3. The van der Waals surface area contributed by atoms with Crippen LogP contribution in [0.15, 0.2) is 24.3 Å². The van der Waals surface area contributed by atoms with Crippen LogP contribution in [0.4, 0.5) is 18.0 Å². The molecule has 0 saturated carbocycles. The first-order chi connectivity index (χ1) is 17.3. The zero-order chi connectivity index (χ0) is 27.7. The number of carbonyl (C=O) groups excluding carboxylic acids is 1. The van der Waals surface area contributed by atoms with Crippen molar-refractivity contribution in [1.82, 2.24) is 15.5 Å². The molecule has 2 rings (SSSR count). The third-order valence-electron chi connectivity index (χ3n) is 6.74. The van der Waals surface area contributed by atoms with Crippen LogP contribution in [0.25, 0.3) is 0 Å². The van der Waals surface area contributed by atoms with E-state index in [-0.39, 0.29) is 29.2 Å². The molecule has 0 aromatic heterocycles. The quantitative estimate of drug-likeness (QED) is 0.330. The Kier molecular flexibility index (Phi) is 11.5. The number of ether oxygens (including phenoxy) is 2. The number of rotatable bonds is 12. The van der Waals surface area contributed by atoms with Gasteiger partial charge in [-0.15, -0.1) is 13.2 Å². The highest BCUT2D eigenvalue weighted by Gasteiger charge is 2.42. The molecule has 212 valence electrons. The number of methoxy groups -OCH3 is 1. The number of hydrogen-bond donors (Lipinski definition) is 3. The predicted octanol–water partition coefficient (Wildman–Crippen LogP) is 5.04. The fourth-order valence-corrected chi connectivity index (χ4v) is 5.16. The Bertz CT molecular complexity index is 847. The molecule has 0 aliphatic carbocycles. The molecule has 0 radical (unpaired) electrons. The lowest BCUT2D eigenvalue weighted by Gasteiger charge is -2.43. The second-order valence-corrected chi connectivity index (χ2v) is 11.2. The second kappa shape index (κ2) is 13.7. The summed E-state index contributed by atoms with van der Waals surface area (Å²) in [5, 5.41) is 18.3. The number of nitrogens with zero attached hydrogens (tertiary/aromatic N) is 1. The maximum atomic E-state index is 13.2. The number of carbonyl (C=O) groups is 1. The molecular weight excluding hydrogens is 487 g/mol. The van der Waals surface area contributed by atoms with Crippen molar-refractivity contribution < 1.29 is 32.5 Å². The van der Waals surface area contributed by atoms with Crippen LogP contribution in [-0.4, -0.2) is 68.8 Å². The van der Waals surface area contributed by atoms with Gasteiger partial charge in [-0.25, -0.2) is 4.79 Å². The van der Waals surface area contributed by atoms with E-state index in [4.69, 9.17) is 4.74 Å². The molecule has 1 fully saturated rings. The first kappa shape index (κ1) is 31.2. The van der Waals surface area contributed by atoms with E-state index < -0.39 is 12.0 Å². The summed E-state index contributed by atoms with van der Waals surface area (Å²) in [7, 11) is 3.45. The van der Waals surface area contributed by atoms with Crippen LogP contribution in [0.5, 0.6) is 5.75 Å². The molecule has 2 amide bonds. The van der Waals surface area contributed by atoms with Gasteiger partial charge in [0.15, 0.2) is 0 Å². The van der Waals surface area contributed by atoms with Crippen molar-refractivity contribution in [1.29, 1.82) is 0 Å². The first-order valence-corrected chi connectivity index (χ1v) is 13.0. The minimum atomic E-state index is -4.83. The Morgan fingerprint density at radius 1 is 1.24 bits per heavy atom. The van der Waals surface area contributed by atoms with Crippen LogP contribution < -0.4 is 15.4 Å². The predicted molar refractivity (Wildman–Crippen MR) is 137 cm³/mol. The number of hydrogen-bond acceptors (Lipinski definition) is 5. The molecule has 37 heavy (non-hydrogen) atoms. The van der Waals surface area contributed by atoms with Crippen molar-refractivity contribution in [3.8, 4) is 5.75 Å². The van der Waals surface area contributed by atoms with E-state index in [2.05, 4.69) is 36.1 Å². The molecule has 1 aliphatic rings. The number of likely N-dealkylation sites (tertiary alicyclic amines) is 1. The molecule has 1 aliphatic heterocycles. The van der Waals surface area contributed by atoms with E-state index in [0.717, 1.165) is 6.42 Å². The van der Waals surface area contributed by atoms with E-state index in [1.807, 2.05) is 7.05 Å². The summed E-state index contributed by atoms with van der Waals surface area (Å²) < 4.78 is 47.8. The van der Waals surface area contributed by atoms with Crippen LogP contribution in [0.3, 0.4) is 0 Å². The third-order valence-corrected chi connectivity index (χ3v) is 6.74. The molecule has 1 aromatic carbocycles. The lowest BCUT2D eigenvalue weighted by atomic mass is 9.74. The number of amides is 2. The molecule has 1 aromatic rings. The van der Waals surface area contributed by atoms with E-state index in [0.29, 0.717) is 63.9 Å². The number of benzene rings is 1. The van der Waals surface area contributed by atoms with Crippen molar-refractivity contribution in [3.63, 3.8) is 0 Å². The molecular formula is C27H44F3N3O4. The van der Waals surface area contributed by atoms with Gasteiger partial charge in [-0.1, -0.05) is 32.9 Å². The number of alkyl halides is 3. The molecule has 3 N–H and O–H groups in total. The van der Waals surface area contributed by atoms with Crippen LogP contribution in [-0.2, 0) is 10.3 Å². The van der Waals surface area contributed by atoms with Gasteiger partial charge in [-0.3, -0.25) is 0 Å². The zero-order valence-electron chi connectivity index (χ0n) is 22.8. The van der Waals surface area contributed by atoms with Crippen molar-refractivity contribution in [2.45, 2.75) is 77.3 Å². The minimum Gasteiger partial charge on any atom is -0.406 e. The Morgan fingerprint density at radius 2 is 1.97 bits per heavy atom. The summed E-state index contributed by atoms with van der Waals surface area (Å²) in [4.78, 5) is 15.0. The average Bonchev–Trinajstić information content (AvgIpc) is 2.80. The third kappa shape index (κ3) is 10.3. The number of likely N-dealkylation sites (N-methyl/N-ethyl adjacent to an activating group) is 1. The molecule has 3 unspecified atom stereocenters. The lowest BCUT2D eigenvalue weighted by molar-refractivity contribution is -0.274. The second-order valence-electron chi connectivity index (χ2n) is 11.2. The summed E-state index contributed by atoms with van der Waals surface area (Å²) in [6.45, 7) is 8.39. The molecule has 10 heteroatoms. The zero-order valence-corrected chi connectivity index (χ0v) is 22.8. The Morgan fingerprint density at radius 3 is 2.59 bits per heavy atom. The van der Waals surface area contributed by atoms with Crippen LogP contribution in [0, 0.1) is 11.3 Å². The summed E-state index contributed by atoms with van der Waals surface area (Å²) in [6.07, 6.45) is -1.04. The maximum absolute atomic E-state index is 13.2. The monoisotopic (exact) mass is 531 g/mol. The van der Waals surface area contributed by atoms with Crippen LogP contribution in [0.1, 0.15) is 64.9 Å². The molecule has 1 saturated heterocycles. The maximum Gasteiger partial charge on any atom is 0.573 e. The van der Waals surface area contributed by atoms with E-state index in [9.17, 15) is 23.1 Å². The van der Waals surface area contributed by atoms with E-state index in [1.165, 1.54) is 18.2 Å². The van der Waals surface area contributed by atoms with Gasteiger partial charge < -0.3 is 30.1 Å². The van der Waals surface area contributed by atoms with Crippen molar-refractivity contribution in [2.24, 2.45) is 11.3 Å². The highest BCUT2D eigenvalue weighted by Crippen LogP contribution is 2.41. The highest BCUT2D eigenvalue weighted by atomic mass is 19.4. The Labute approximate surface area is 219 Å². The summed E-state index contributed by atoms with van der Waals surface area (Å²) in [5.74, 6) is -0.719. The minimum absolute atomic E-state index is 0.0329. The highest BCUT2D eigenvalue weighted by molar-refractivity contribution is 5.74. The summed E-state index contributed by atoms with van der Waals surface area (Å²) >= 11 is 0. The fourth-order valence-electron chi connectivity index (χ4n) is 5.16. The standard InChI is InChI=1S/C27H44F3N3O4/c1-25(2,3)17-22(18-31-4)32-24(34)33-14-9-11-21(19-33)26(35,13-6-7-15-36-5)20-10-8-12-23(16-20)37-27(28,29)30/h8,10,12,16,21-22,31,35H,6-7,9,11,13-15,17-19H2,1-5H3,(H,32,34). The average molecular weight is 532 g/mol. The number of halogens is 3. The largest absolute Gasteiger partial charge is 0.573 e. The fraction of sp³-hybridized carbons (Fsp3) is 0.741. The Hall–Kier alpha value is -2.04. The van der Waals surface area contributed by atoms with Crippen molar-refractivity contribution in [2.75, 3.05) is 40.4 Å². The number of piperidine rings is 1. The van der Waals surface area contributed by atoms with Crippen LogP contribution in [0.2, 0.25) is 0 Å². The van der Waals surface area contributed by atoms with Gasteiger partial charge in [0.2, 0.25) is 0 Å². The Balaban J connectivity index is 2.25. The van der Waals surface area contributed by atoms with Gasteiger partial charge >= 0.3 is 12.4 Å². The lowest BCUT2D eigenvalue weighted by Crippen LogP contribution is -2.54. The summed E-state index contributed by atoms with van der Waals surface area (Å²) in [6, 6.07) is 5.32. The van der Waals surface area contributed by atoms with Crippen molar-refractivity contribution >= 4 is 6.03 Å². The van der Waals surface area contributed by atoms with Gasteiger partial charge in [0, 0.05) is 45.3 Å². The molecule has 0 bridgehead atoms. The van der Waals surface area contributed by atoms with E-state index in [1.54, 1.807) is 18.1 Å². The number of nitrogens with one attached hydrogen (secondary N) is 2. The van der Waals surface area contributed by atoms with Gasteiger partial charge in [-0.05, 0) is 68.7 Å². The smallest absolute Gasteiger partial charge is 0.406 e. The molecule has 0 spiro atoms. The number of unbranched alkanes of at least 4 members (excludes halogenated alkanes) is 1. The van der Waals surface area contributed by atoms with Crippen molar-refractivity contribution in [3.05, 3.63) is 29.8 Å². The SMILES string of the molecule is CNCC(CC(C)(C)C)NC(=O)N1CCCC(C(O)(CCCCOC)c2cccc(OC(F)(F)F)c2)C1. The topological polar surface area (TPSA) is 83.1 Å². The molecule has 7 nitrogen and oxygen atoms in total.